The molecule has 0 unspecified atom stereocenters. The molecule has 3 rings (SSSR count). The number of benzene rings is 1. The summed E-state index contributed by atoms with van der Waals surface area (Å²) in [5.74, 6) is -1.12. The largest absolute Gasteiger partial charge is 0.476 e. The molecule has 0 radical (unpaired) electrons. The zero-order chi connectivity index (χ0) is 18.7. The minimum absolute atomic E-state index is 0.0358. The number of allylic oxidation sites excluding steroid dienone is 1. The van der Waals surface area contributed by atoms with E-state index in [0.717, 1.165) is 5.56 Å². The molecule has 0 fully saturated rings. The van der Waals surface area contributed by atoms with E-state index in [1.165, 1.54) is 10.9 Å². The molecule has 0 amide bonds. The number of anilines is 1. The second-order valence-corrected chi connectivity index (χ2v) is 5.34. The predicted molar refractivity (Wildman–Crippen MR) is 93.8 cm³/mol. The van der Waals surface area contributed by atoms with E-state index in [0.29, 0.717) is 22.3 Å². The van der Waals surface area contributed by atoms with Crippen molar-refractivity contribution in [3.05, 3.63) is 54.0 Å². The van der Waals surface area contributed by atoms with Gasteiger partial charge < -0.3 is 10.4 Å². The minimum atomic E-state index is -1.12. The van der Waals surface area contributed by atoms with Crippen molar-refractivity contribution < 1.29 is 9.90 Å². The normalized spacial score (nSPS) is 9.96. The summed E-state index contributed by atoms with van der Waals surface area (Å²) in [6.45, 7) is 0. The van der Waals surface area contributed by atoms with Gasteiger partial charge >= 0.3 is 5.97 Å². The number of carboxylic acid groups (broad SMARTS) is 1. The number of aromatic nitrogens is 3. The molecule has 3 aromatic rings. The Morgan fingerprint density at radius 2 is 1.92 bits per heavy atom. The topological polar surface area (TPSA) is 128 Å². The van der Waals surface area contributed by atoms with Gasteiger partial charge in [0.2, 0.25) is 0 Å². The molecule has 0 saturated heterocycles. The molecule has 0 aliphatic carbocycles. The maximum absolute atomic E-state index is 11.5. The van der Waals surface area contributed by atoms with Crippen molar-refractivity contribution in [1.82, 2.24) is 14.8 Å². The Kier molecular flexibility index (Phi) is 4.33. The van der Waals surface area contributed by atoms with Gasteiger partial charge in [0.05, 0.1) is 5.39 Å². The maximum Gasteiger partial charge on any atom is 0.357 e. The molecule has 1 aromatic carbocycles. The molecule has 0 bridgehead atoms. The highest BCUT2D eigenvalue weighted by atomic mass is 16.4. The lowest BCUT2D eigenvalue weighted by atomic mass is 10.0. The Bertz CT molecular complexity index is 1100. The number of carboxylic acids is 1. The van der Waals surface area contributed by atoms with Gasteiger partial charge in [0.1, 0.15) is 17.7 Å². The maximum atomic E-state index is 11.5. The molecule has 2 aromatic heterocycles. The van der Waals surface area contributed by atoms with Crippen LogP contribution in [-0.2, 0) is 7.05 Å². The van der Waals surface area contributed by atoms with Crippen molar-refractivity contribution in [3.63, 3.8) is 0 Å². The standard InChI is InChI=1S/C18H12N6O2/c1-24-17-15(16(23-24)18(25)26)14(6-7-21-17)12-2-4-13(5-3-12)22-10-11(8-19)9-20/h2-7,10,22H,1H3,(H,25,26). The Hall–Kier alpha value is -4.17. The molecular formula is C18H12N6O2. The molecule has 0 saturated carbocycles. The third kappa shape index (κ3) is 2.95. The second-order valence-electron chi connectivity index (χ2n) is 5.34. The van der Waals surface area contributed by atoms with Crippen LogP contribution in [0.3, 0.4) is 0 Å². The van der Waals surface area contributed by atoms with Gasteiger partial charge in [0.25, 0.3) is 0 Å². The fourth-order valence-electron chi connectivity index (χ4n) is 2.56. The van der Waals surface area contributed by atoms with Crippen molar-refractivity contribution in [2.75, 3.05) is 5.32 Å². The van der Waals surface area contributed by atoms with E-state index in [2.05, 4.69) is 15.4 Å². The van der Waals surface area contributed by atoms with Gasteiger partial charge in [0, 0.05) is 25.1 Å². The van der Waals surface area contributed by atoms with Crippen molar-refractivity contribution in [1.29, 1.82) is 10.5 Å². The number of aryl methyl sites for hydroxylation is 1. The van der Waals surface area contributed by atoms with Crippen LogP contribution in [0.4, 0.5) is 5.69 Å². The van der Waals surface area contributed by atoms with Gasteiger partial charge in [-0.25, -0.2) is 14.5 Å². The third-order valence-corrected chi connectivity index (χ3v) is 3.75. The molecular weight excluding hydrogens is 332 g/mol. The summed E-state index contributed by atoms with van der Waals surface area (Å²) in [4.78, 5) is 15.7. The second kappa shape index (κ2) is 6.75. The molecule has 0 atom stereocenters. The molecule has 126 valence electrons. The van der Waals surface area contributed by atoms with E-state index in [1.807, 2.05) is 12.1 Å². The average Bonchev–Trinajstić information content (AvgIpc) is 3.00. The number of nitrogens with one attached hydrogen (secondary N) is 1. The number of carbonyl (C=O) groups is 1. The smallest absolute Gasteiger partial charge is 0.357 e. The first-order valence-electron chi connectivity index (χ1n) is 7.47. The van der Waals surface area contributed by atoms with Crippen LogP contribution in [0, 0.1) is 22.7 Å². The molecule has 0 spiro atoms. The fourth-order valence-corrected chi connectivity index (χ4v) is 2.56. The highest BCUT2D eigenvalue weighted by molar-refractivity contribution is 6.06. The van der Waals surface area contributed by atoms with E-state index in [4.69, 9.17) is 10.5 Å². The lowest BCUT2D eigenvalue weighted by Crippen LogP contribution is -1.99. The Labute approximate surface area is 148 Å². The lowest BCUT2D eigenvalue weighted by molar-refractivity contribution is 0.0691. The molecule has 8 nitrogen and oxygen atoms in total. The Balaban J connectivity index is 2.03. The summed E-state index contributed by atoms with van der Waals surface area (Å²) in [5, 5.41) is 34.2. The number of nitriles is 2. The SMILES string of the molecule is Cn1nc(C(=O)O)c2c(-c3ccc(NC=C(C#N)C#N)cc3)ccnc21. The van der Waals surface area contributed by atoms with E-state index in [-0.39, 0.29) is 11.3 Å². The van der Waals surface area contributed by atoms with Crippen LogP contribution in [-0.4, -0.2) is 25.8 Å². The third-order valence-electron chi connectivity index (χ3n) is 3.75. The quantitative estimate of drug-likeness (QED) is 0.696. The van der Waals surface area contributed by atoms with Crippen LogP contribution in [0.25, 0.3) is 22.2 Å². The number of hydrogen-bond acceptors (Lipinski definition) is 6. The van der Waals surface area contributed by atoms with Gasteiger partial charge in [-0.1, -0.05) is 12.1 Å². The highest BCUT2D eigenvalue weighted by Gasteiger charge is 2.19. The molecule has 2 N–H and O–H groups in total. The zero-order valence-corrected chi connectivity index (χ0v) is 13.6. The van der Waals surface area contributed by atoms with Crippen molar-refractivity contribution in [2.45, 2.75) is 0 Å². The van der Waals surface area contributed by atoms with Crippen molar-refractivity contribution in [2.24, 2.45) is 7.05 Å². The summed E-state index contributed by atoms with van der Waals surface area (Å²) < 4.78 is 1.44. The molecule has 0 aliphatic heterocycles. The first-order chi connectivity index (χ1) is 12.5. The predicted octanol–water partition coefficient (Wildman–Crippen LogP) is 2.68. The van der Waals surface area contributed by atoms with Crippen LogP contribution in [0.15, 0.2) is 48.3 Å². The van der Waals surface area contributed by atoms with Crippen LogP contribution in [0.1, 0.15) is 10.5 Å². The van der Waals surface area contributed by atoms with Gasteiger partial charge in [-0.3, -0.25) is 0 Å². The van der Waals surface area contributed by atoms with Crippen LogP contribution in [0.5, 0.6) is 0 Å². The van der Waals surface area contributed by atoms with Gasteiger partial charge in [-0.05, 0) is 29.3 Å². The number of pyridine rings is 1. The summed E-state index contributed by atoms with van der Waals surface area (Å²) in [5.41, 5.74) is 2.58. The zero-order valence-electron chi connectivity index (χ0n) is 13.6. The summed E-state index contributed by atoms with van der Waals surface area (Å²) in [6.07, 6.45) is 2.93. The van der Waals surface area contributed by atoms with Crippen molar-refractivity contribution >= 4 is 22.7 Å². The number of fused-ring (bicyclic) bond motifs is 1. The van der Waals surface area contributed by atoms with Crippen LogP contribution >= 0.6 is 0 Å². The van der Waals surface area contributed by atoms with E-state index < -0.39 is 5.97 Å². The molecule has 0 aliphatic rings. The average molecular weight is 344 g/mol. The monoisotopic (exact) mass is 344 g/mol. The Morgan fingerprint density at radius 1 is 1.23 bits per heavy atom. The van der Waals surface area contributed by atoms with E-state index >= 15 is 0 Å². The first kappa shape index (κ1) is 16.7. The summed E-state index contributed by atoms with van der Waals surface area (Å²) in [6, 6.07) is 12.4. The van der Waals surface area contributed by atoms with E-state index in [9.17, 15) is 9.90 Å². The van der Waals surface area contributed by atoms with Crippen LogP contribution < -0.4 is 5.32 Å². The minimum Gasteiger partial charge on any atom is -0.476 e. The van der Waals surface area contributed by atoms with Crippen LogP contribution in [0.2, 0.25) is 0 Å². The van der Waals surface area contributed by atoms with Gasteiger partial charge in [-0.15, -0.1) is 0 Å². The molecule has 8 heteroatoms. The summed E-state index contributed by atoms with van der Waals surface area (Å²) in [7, 11) is 1.65. The Morgan fingerprint density at radius 3 is 2.54 bits per heavy atom. The highest BCUT2D eigenvalue weighted by Crippen LogP contribution is 2.30. The first-order valence-corrected chi connectivity index (χ1v) is 7.47. The lowest BCUT2D eigenvalue weighted by Gasteiger charge is -2.06. The molecule has 26 heavy (non-hydrogen) atoms. The van der Waals surface area contributed by atoms with Crippen molar-refractivity contribution in [3.8, 4) is 23.3 Å². The summed E-state index contributed by atoms with van der Waals surface area (Å²) >= 11 is 0. The van der Waals surface area contributed by atoms with Gasteiger partial charge in [-0.2, -0.15) is 15.6 Å². The number of rotatable bonds is 4. The number of hydrogen-bond donors (Lipinski definition) is 2. The van der Waals surface area contributed by atoms with E-state index in [1.54, 1.807) is 43.6 Å². The number of aromatic carboxylic acids is 1. The van der Waals surface area contributed by atoms with Gasteiger partial charge in [0.15, 0.2) is 11.3 Å². The molecule has 2 heterocycles. The fraction of sp³-hybridized carbons (Fsp3) is 0.0556. The number of nitrogens with zero attached hydrogens (tertiary/aromatic N) is 5.